The minimum absolute atomic E-state index is 0.0482. The van der Waals surface area contributed by atoms with Gasteiger partial charge in [0, 0.05) is 20.0 Å². The Balaban J connectivity index is 2.18. The lowest BCUT2D eigenvalue weighted by Gasteiger charge is -2.29. The van der Waals surface area contributed by atoms with E-state index >= 15 is 0 Å². The van der Waals surface area contributed by atoms with Gasteiger partial charge >= 0.3 is 11.9 Å². The minimum Gasteiger partial charge on any atom is -0.480 e. The van der Waals surface area contributed by atoms with Crippen LogP contribution in [0.4, 0.5) is 0 Å². The molecule has 0 spiro atoms. The average molecular weight is 217 g/mol. The number of carboxylic acids is 1. The first-order valence-electron chi connectivity index (χ1n) is 4.85. The van der Waals surface area contributed by atoms with Crippen molar-refractivity contribution in [1.82, 2.24) is 5.06 Å². The fourth-order valence-electron chi connectivity index (χ4n) is 1.46. The number of aliphatic carboxylic acids is 1. The third kappa shape index (κ3) is 4.75. The highest BCUT2D eigenvalue weighted by molar-refractivity contribution is 5.68. The van der Waals surface area contributed by atoms with E-state index in [1.165, 1.54) is 6.92 Å². The van der Waals surface area contributed by atoms with Crippen molar-refractivity contribution < 1.29 is 24.3 Å². The molecule has 0 atom stereocenters. The van der Waals surface area contributed by atoms with Crippen molar-refractivity contribution in [3.8, 4) is 0 Å². The number of ether oxygens (including phenoxy) is 1. The first kappa shape index (κ1) is 11.9. The lowest BCUT2D eigenvalue weighted by atomic mass is 10.1. The molecule has 0 aromatic rings. The maximum Gasteiger partial charge on any atom is 0.329 e. The Morgan fingerprint density at radius 3 is 2.47 bits per heavy atom. The number of hydrogen-bond donors (Lipinski definition) is 1. The molecule has 6 heteroatoms. The van der Waals surface area contributed by atoms with E-state index in [9.17, 15) is 9.59 Å². The van der Waals surface area contributed by atoms with Gasteiger partial charge in [0.15, 0.2) is 0 Å². The summed E-state index contributed by atoms with van der Waals surface area (Å²) in [5.74, 6) is -1.29. The van der Waals surface area contributed by atoms with Gasteiger partial charge in [-0.25, -0.2) is 4.79 Å². The maximum absolute atomic E-state index is 10.6. The van der Waals surface area contributed by atoms with Gasteiger partial charge in [0.2, 0.25) is 0 Å². The number of hydroxylamine groups is 2. The topological polar surface area (TPSA) is 76.1 Å². The van der Waals surface area contributed by atoms with Crippen molar-refractivity contribution in [3.63, 3.8) is 0 Å². The molecule has 15 heavy (non-hydrogen) atoms. The number of nitrogens with zero attached hydrogens (tertiary/aromatic N) is 1. The van der Waals surface area contributed by atoms with E-state index in [2.05, 4.69) is 0 Å². The fraction of sp³-hybridized carbons (Fsp3) is 0.778. The van der Waals surface area contributed by atoms with E-state index in [1.807, 2.05) is 0 Å². The van der Waals surface area contributed by atoms with Crippen LogP contribution in [0.2, 0.25) is 0 Å². The van der Waals surface area contributed by atoms with Gasteiger partial charge in [-0.3, -0.25) is 4.79 Å². The van der Waals surface area contributed by atoms with Crippen LogP contribution >= 0.6 is 0 Å². The molecule has 1 saturated heterocycles. The number of carbonyl (C=O) groups excluding carboxylic acids is 1. The predicted molar refractivity (Wildman–Crippen MR) is 49.9 cm³/mol. The molecule has 0 radical (unpaired) electrons. The zero-order valence-electron chi connectivity index (χ0n) is 8.64. The quantitative estimate of drug-likeness (QED) is 0.716. The molecule has 86 valence electrons. The van der Waals surface area contributed by atoms with Gasteiger partial charge in [0.25, 0.3) is 0 Å². The second-order valence-corrected chi connectivity index (χ2v) is 3.42. The standard InChI is InChI=1S/C9H15NO5/c1-7(11)15-10-4-2-8(3-5-10)14-6-9(12)13/h8H,2-6H2,1H3,(H,12,13). The molecule has 0 aromatic heterocycles. The zero-order chi connectivity index (χ0) is 11.3. The second-order valence-electron chi connectivity index (χ2n) is 3.42. The largest absolute Gasteiger partial charge is 0.480 e. The first-order valence-corrected chi connectivity index (χ1v) is 4.85. The zero-order valence-corrected chi connectivity index (χ0v) is 8.64. The van der Waals surface area contributed by atoms with Gasteiger partial charge in [0.05, 0.1) is 6.10 Å². The van der Waals surface area contributed by atoms with Gasteiger partial charge in [-0.15, -0.1) is 5.06 Å². The number of hydrogen-bond acceptors (Lipinski definition) is 5. The Bertz CT molecular complexity index is 235. The normalized spacial score (nSPS) is 18.7. The predicted octanol–water partition coefficient (Wildman–Crippen LogP) is 0.0301. The third-order valence-electron chi connectivity index (χ3n) is 2.10. The number of piperidine rings is 1. The number of carbonyl (C=O) groups is 2. The van der Waals surface area contributed by atoms with Crippen molar-refractivity contribution in [2.45, 2.75) is 25.9 Å². The third-order valence-corrected chi connectivity index (χ3v) is 2.10. The SMILES string of the molecule is CC(=O)ON1CCC(OCC(=O)O)CC1. The molecule has 0 bridgehead atoms. The van der Waals surface area contributed by atoms with E-state index in [-0.39, 0.29) is 18.7 Å². The molecule has 1 N–H and O–H groups in total. The molecule has 6 nitrogen and oxygen atoms in total. The van der Waals surface area contributed by atoms with Crippen LogP contribution in [0.1, 0.15) is 19.8 Å². The van der Waals surface area contributed by atoms with E-state index in [4.69, 9.17) is 14.7 Å². The van der Waals surface area contributed by atoms with Crippen molar-refractivity contribution in [3.05, 3.63) is 0 Å². The Hall–Kier alpha value is -1.14. The van der Waals surface area contributed by atoms with E-state index in [1.54, 1.807) is 5.06 Å². The molecule has 1 aliphatic rings. The van der Waals surface area contributed by atoms with Crippen LogP contribution in [0.5, 0.6) is 0 Å². The Morgan fingerprint density at radius 1 is 1.40 bits per heavy atom. The van der Waals surface area contributed by atoms with Crippen molar-refractivity contribution >= 4 is 11.9 Å². The van der Waals surface area contributed by atoms with E-state index in [0.29, 0.717) is 25.9 Å². The first-order chi connectivity index (χ1) is 7.08. The molecular weight excluding hydrogens is 202 g/mol. The fourth-order valence-corrected chi connectivity index (χ4v) is 1.46. The molecule has 0 unspecified atom stereocenters. The van der Waals surface area contributed by atoms with Gasteiger partial charge < -0.3 is 14.7 Å². The molecule has 0 saturated carbocycles. The summed E-state index contributed by atoms with van der Waals surface area (Å²) in [5, 5.41) is 9.98. The Kier molecular flexibility index (Phi) is 4.51. The summed E-state index contributed by atoms with van der Waals surface area (Å²) < 4.78 is 5.13. The monoisotopic (exact) mass is 217 g/mol. The highest BCUT2D eigenvalue weighted by atomic mass is 16.7. The van der Waals surface area contributed by atoms with Crippen LogP contribution in [0.3, 0.4) is 0 Å². The number of rotatable bonds is 4. The van der Waals surface area contributed by atoms with Gasteiger partial charge in [-0.1, -0.05) is 0 Å². The van der Waals surface area contributed by atoms with Crippen LogP contribution in [-0.2, 0) is 19.2 Å². The molecule has 0 aliphatic carbocycles. The summed E-state index contributed by atoms with van der Waals surface area (Å²) in [6, 6.07) is 0. The van der Waals surface area contributed by atoms with Crippen LogP contribution < -0.4 is 0 Å². The number of carboxylic acid groups (broad SMARTS) is 1. The van der Waals surface area contributed by atoms with E-state index < -0.39 is 5.97 Å². The van der Waals surface area contributed by atoms with Crippen molar-refractivity contribution in [1.29, 1.82) is 0 Å². The summed E-state index contributed by atoms with van der Waals surface area (Å²) in [7, 11) is 0. The van der Waals surface area contributed by atoms with Crippen molar-refractivity contribution in [2.24, 2.45) is 0 Å². The summed E-state index contributed by atoms with van der Waals surface area (Å²) in [4.78, 5) is 25.8. The summed E-state index contributed by atoms with van der Waals surface area (Å²) in [6.07, 6.45) is 1.31. The lowest BCUT2D eigenvalue weighted by Crippen LogP contribution is -2.38. The molecule has 1 rings (SSSR count). The van der Waals surface area contributed by atoms with Crippen LogP contribution in [-0.4, -0.2) is 47.9 Å². The Labute approximate surface area is 87.7 Å². The molecule has 1 heterocycles. The molecule has 1 fully saturated rings. The maximum atomic E-state index is 10.6. The van der Waals surface area contributed by atoms with Crippen LogP contribution in [0, 0.1) is 0 Å². The molecule has 0 aromatic carbocycles. The van der Waals surface area contributed by atoms with Gasteiger partial charge in [0.1, 0.15) is 6.61 Å². The molecule has 0 amide bonds. The lowest BCUT2D eigenvalue weighted by molar-refractivity contribution is -0.198. The van der Waals surface area contributed by atoms with Gasteiger partial charge in [-0.05, 0) is 12.8 Å². The summed E-state index contributed by atoms with van der Waals surface area (Å²) in [6.45, 7) is 2.26. The molecular formula is C9H15NO5. The van der Waals surface area contributed by atoms with Crippen LogP contribution in [0.25, 0.3) is 0 Å². The van der Waals surface area contributed by atoms with Crippen molar-refractivity contribution in [2.75, 3.05) is 19.7 Å². The Morgan fingerprint density at radius 2 is 2.00 bits per heavy atom. The average Bonchev–Trinajstić information content (AvgIpc) is 2.16. The molecule has 1 aliphatic heterocycles. The van der Waals surface area contributed by atoms with Gasteiger partial charge in [-0.2, -0.15) is 0 Å². The highest BCUT2D eigenvalue weighted by Crippen LogP contribution is 2.13. The summed E-state index contributed by atoms with van der Waals surface area (Å²) in [5.41, 5.74) is 0. The summed E-state index contributed by atoms with van der Waals surface area (Å²) >= 11 is 0. The highest BCUT2D eigenvalue weighted by Gasteiger charge is 2.21. The van der Waals surface area contributed by atoms with E-state index in [0.717, 1.165) is 0 Å². The smallest absolute Gasteiger partial charge is 0.329 e. The second kappa shape index (κ2) is 5.67. The van der Waals surface area contributed by atoms with Crippen LogP contribution in [0.15, 0.2) is 0 Å². The minimum atomic E-state index is -0.961.